The van der Waals surface area contributed by atoms with Crippen LogP contribution >= 0.6 is 0 Å². The molecule has 1 aliphatic rings. The number of hydrogen-bond donors (Lipinski definition) is 6. The van der Waals surface area contributed by atoms with Crippen LogP contribution < -0.4 is 5.32 Å². The van der Waals surface area contributed by atoms with Gasteiger partial charge < -0.3 is 40.3 Å². The quantitative estimate of drug-likeness (QED) is 0.0261. The topological polar surface area (TPSA) is 149 Å². The molecule has 0 aromatic carbocycles. The van der Waals surface area contributed by atoms with Gasteiger partial charge in [0.25, 0.3) is 0 Å². The van der Waals surface area contributed by atoms with Crippen LogP contribution in [-0.2, 0) is 14.3 Å². The van der Waals surface area contributed by atoms with Crippen LogP contribution in [-0.4, -0.2) is 87.5 Å². The molecule has 9 nitrogen and oxygen atoms in total. The fourth-order valence-electron chi connectivity index (χ4n) is 9.07. The summed E-state index contributed by atoms with van der Waals surface area (Å²) in [6.07, 6.45) is 58.0. The summed E-state index contributed by atoms with van der Waals surface area (Å²) in [6.45, 7) is 3.64. The Bertz CT molecular complexity index is 1210. The summed E-state index contributed by atoms with van der Waals surface area (Å²) in [6, 6.07) is -0.825. The number of ether oxygens (including phenoxy) is 2. The standard InChI is InChI=1S/C59H109NO8/c1-3-5-7-9-11-13-15-16-17-18-19-20-21-22-23-24-25-26-27-28-29-30-31-32-33-34-35-36-37-38-39-41-43-45-47-49-55(63)60-52(51-67-59-58(66)57(65)56(64)54(50-61)68-59)53(62)48-46-44-42-40-14-12-10-8-6-4-2/h6,8,14,18-19,40,46,48,52-54,56-59,61-62,64-66H,3-5,7,9-13,15-17,20-39,41-45,47,49-51H2,1-2H3,(H,60,63)/b8-6+,19-18-,40-14+,48-46+. The van der Waals surface area contributed by atoms with E-state index in [2.05, 4.69) is 55.6 Å². The van der Waals surface area contributed by atoms with Gasteiger partial charge in [-0.25, -0.2) is 0 Å². The second-order valence-electron chi connectivity index (χ2n) is 20.0. The number of carbonyl (C=O) groups is 1. The Kier molecular flexibility index (Phi) is 46.0. The Morgan fingerprint density at radius 3 is 1.31 bits per heavy atom. The largest absolute Gasteiger partial charge is 0.394 e. The lowest BCUT2D eigenvalue weighted by Crippen LogP contribution is -2.60. The minimum atomic E-state index is -1.57. The van der Waals surface area contributed by atoms with Crippen molar-refractivity contribution in [1.82, 2.24) is 5.32 Å². The zero-order valence-electron chi connectivity index (χ0n) is 44.1. The van der Waals surface area contributed by atoms with Crippen molar-refractivity contribution in [1.29, 1.82) is 0 Å². The lowest BCUT2D eigenvalue weighted by molar-refractivity contribution is -0.302. The van der Waals surface area contributed by atoms with E-state index in [1.54, 1.807) is 6.08 Å². The summed E-state index contributed by atoms with van der Waals surface area (Å²) in [4.78, 5) is 13.0. The molecule has 0 aromatic heterocycles. The van der Waals surface area contributed by atoms with E-state index in [1.807, 2.05) is 6.08 Å². The highest BCUT2D eigenvalue weighted by Crippen LogP contribution is 2.23. The van der Waals surface area contributed by atoms with E-state index in [0.29, 0.717) is 6.42 Å². The Morgan fingerprint density at radius 1 is 0.500 bits per heavy atom. The molecule has 1 amide bonds. The number of unbranched alkanes of at least 4 members (excludes halogenated alkanes) is 33. The van der Waals surface area contributed by atoms with Gasteiger partial charge in [0, 0.05) is 6.42 Å². The summed E-state index contributed by atoms with van der Waals surface area (Å²) >= 11 is 0. The molecule has 0 spiro atoms. The maximum Gasteiger partial charge on any atom is 0.220 e. The third-order valence-electron chi connectivity index (χ3n) is 13.6. The number of amides is 1. The van der Waals surface area contributed by atoms with Gasteiger partial charge in [-0.2, -0.15) is 0 Å². The minimum absolute atomic E-state index is 0.190. The predicted octanol–water partition coefficient (Wildman–Crippen LogP) is 14.1. The summed E-state index contributed by atoms with van der Waals surface area (Å²) < 4.78 is 11.2. The molecule has 398 valence electrons. The number of nitrogens with one attached hydrogen (secondary N) is 1. The number of aliphatic hydroxyl groups is 5. The van der Waals surface area contributed by atoms with Crippen molar-refractivity contribution in [3.8, 4) is 0 Å². The SMILES string of the molecule is CC/C=C/CC/C=C/CC/C=C/C(O)C(COC1OC(CO)C(O)C(O)C1O)NC(=O)CCCCCCCCCCCCCCCCCCCCCCCCC/C=C\CCCCCCCCCC. The molecule has 1 rings (SSSR count). The van der Waals surface area contributed by atoms with Gasteiger partial charge in [-0.3, -0.25) is 4.79 Å². The first kappa shape index (κ1) is 64.2. The Morgan fingerprint density at radius 2 is 0.882 bits per heavy atom. The van der Waals surface area contributed by atoms with E-state index in [1.165, 1.54) is 193 Å². The van der Waals surface area contributed by atoms with Crippen molar-refractivity contribution in [2.45, 2.75) is 307 Å². The second-order valence-corrected chi connectivity index (χ2v) is 20.0. The van der Waals surface area contributed by atoms with Crippen molar-refractivity contribution < 1.29 is 39.8 Å². The van der Waals surface area contributed by atoms with Crippen LogP contribution in [0.5, 0.6) is 0 Å². The van der Waals surface area contributed by atoms with Crippen molar-refractivity contribution in [2.24, 2.45) is 0 Å². The van der Waals surface area contributed by atoms with Gasteiger partial charge in [0.15, 0.2) is 6.29 Å². The Hall–Kier alpha value is -1.85. The van der Waals surface area contributed by atoms with Gasteiger partial charge in [-0.1, -0.05) is 242 Å². The first-order chi connectivity index (χ1) is 33.3. The van der Waals surface area contributed by atoms with E-state index in [0.717, 1.165) is 51.4 Å². The highest BCUT2D eigenvalue weighted by molar-refractivity contribution is 5.76. The number of allylic oxidation sites excluding steroid dienone is 7. The molecule has 6 N–H and O–H groups in total. The molecule has 0 radical (unpaired) electrons. The minimum Gasteiger partial charge on any atom is -0.394 e. The number of carbonyl (C=O) groups excluding carboxylic acids is 1. The van der Waals surface area contributed by atoms with Crippen LogP contribution in [0.1, 0.15) is 264 Å². The Balaban J connectivity index is 2.05. The van der Waals surface area contributed by atoms with Gasteiger partial charge in [0.2, 0.25) is 5.91 Å². The molecule has 0 bridgehead atoms. The monoisotopic (exact) mass is 960 g/mol. The predicted molar refractivity (Wildman–Crippen MR) is 286 cm³/mol. The molecule has 0 aliphatic carbocycles. The van der Waals surface area contributed by atoms with Crippen LogP contribution in [0.4, 0.5) is 0 Å². The van der Waals surface area contributed by atoms with E-state index in [-0.39, 0.29) is 12.5 Å². The summed E-state index contributed by atoms with van der Waals surface area (Å²) in [5, 5.41) is 54.2. The van der Waals surface area contributed by atoms with E-state index >= 15 is 0 Å². The zero-order valence-corrected chi connectivity index (χ0v) is 44.1. The average molecular weight is 961 g/mol. The van der Waals surface area contributed by atoms with E-state index < -0.39 is 49.5 Å². The first-order valence-corrected chi connectivity index (χ1v) is 28.9. The number of rotatable bonds is 49. The molecule has 7 atom stereocenters. The summed E-state index contributed by atoms with van der Waals surface area (Å²) in [7, 11) is 0. The highest BCUT2D eigenvalue weighted by atomic mass is 16.7. The molecule has 68 heavy (non-hydrogen) atoms. The molecular formula is C59H109NO8. The van der Waals surface area contributed by atoms with Gasteiger partial charge in [0.05, 0.1) is 25.4 Å². The van der Waals surface area contributed by atoms with Gasteiger partial charge in [-0.15, -0.1) is 0 Å². The molecule has 1 heterocycles. The van der Waals surface area contributed by atoms with Crippen LogP contribution in [0, 0.1) is 0 Å². The fraction of sp³-hybridized carbons (Fsp3) is 0.847. The highest BCUT2D eigenvalue weighted by Gasteiger charge is 2.44. The number of aliphatic hydroxyl groups excluding tert-OH is 5. The maximum atomic E-state index is 13.0. The van der Waals surface area contributed by atoms with Crippen LogP contribution in [0.3, 0.4) is 0 Å². The maximum absolute atomic E-state index is 13.0. The first-order valence-electron chi connectivity index (χ1n) is 28.9. The smallest absolute Gasteiger partial charge is 0.220 e. The molecular weight excluding hydrogens is 851 g/mol. The molecule has 1 fully saturated rings. The van der Waals surface area contributed by atoms with Crippen molar-refractivity contribution in [2.75, 3.05) is 13.2 Å². The van der Waals surface area contributed by atoms with Gasteiger partial charge >= 0.3 is 0 Å². The van der Waals surface area contributed by atoms with Gasteiger partial charge in [0.1, 0.15) is 24.4 Å². The normalized spacial score (nSPS) is 19.9. The average Bonchev–Trinajstić information content (AvgIpc) is 3.34. The molecule has 9 heteroatoms. The fourth-order valence-corrected chi connectivity index (χ4v) is 9.07. The van der Waals surface area contributed by atoms with Crippen molar-refractivity contribution in [3.63, 3.8) is 0 Å². The lowest BCUT2D eigenvalue weighted by atomic mass is 9.99. The Labute approximate surface area is 418 Å². The van der Waals surface area contributed by atoms with E-state index in [4.69, 9.17) is 9.47 Å². The third kappa shape index (κ3) is 37.9. The molecule has 1 saturated heterocycles. The molecule has 0 aromatic rings. The summed E-state index contributed by atoms with van der Waals surface area (Å²) in [5.74, 6) is -0.190. The van der Waals surface area contributed by atoms with Crippen LogP contribution in [0.2, 0.25) is 0 Å². The molecule has 1 aliphatic heterocycles. The van der Waals surface area contributed by atoms with Crippen LogP contribution in [0.25, 0.3) is 0 Å². The second kappa shape index (κ2) is 48.8. The summed E-state index contributed by atoms with van der Waals surface area (Å²) in [5.41, 5.74) is 0. The van der Waals surface area contributed by atoms with Gasteiger partial charge in [-0.05, 0) is 64.2 Å². The van der Waals surface area contributed by atoms with Crippen molar-refractivity contribution in [3.05, 3.63) is 48.6 Å². The third-order valence-corrected chi connectivity index (χ3v) is 13.6. The lowest BCUT2D eigenvalue weighted by Gasteiger charge is -2.40. The van der Waals surface area contributed by atoms with Crippen LogP contribution in [0.15, 0.2) is 48.6 Å². The van der Waals surface area contributed by atoms with Crippen molar-refractivity contribution >= 4 is 5.91 Å². The molecule has 7 unspecified atom stereocenters. The molecule has 0 saturated carbocycles. The number of hydrogen-bond acceptors (Lipinski definition) is 8. The zero-order chi connectivity index (χ0) is 49.4. The van der Waals surface area contributed by atoms with E-state index in [9.17, 15) is 30.3 Å².